The second kappa shape index (κ2) is 4.18. The molecule has 0 aliphatic carbocycles. The van der Waals surface area contributed by atoms with Gasteiger partial charge >= 0.3 is 0 Å². The fourth-order valence-corrected chi connectivity index (χ4v) is 1.96. The highest BCUT2D eigenvalue weighted by Crippen LogP contribution is 2.24. The van der Waals surface area contributed by atoms with Crippen LogP contribution in [0.25, 0.3) is 10.6 Å². The van der Waals surface area contributed by atoms with Gasteiger partial charge in [-0.25, -0.2) is 4.98 Å². The number of oxime groups is 1. The minimum atomic E-state index is 0.572. The maximum atomic E-state index is 8.62. The van der Waals surface area contributed by atoms with Crippen molar-refractivity contribution in [2.75, 3.05) is 0 Å². The topological polar surface area (TPSA) is 58.4 Å². The molecule has 0 aliphatic heterocycles. The molecule has 0 amide bonds. The third-order valence-electron chi connectivity index (χ3n) is 1.92. The van der Waals surface area contributed by atoms with E-state index in [2.05, 4.69) is 15.1 Å². The molecule has 0 aliphatic rings. The normalized spacial score (nSPS) is 11.7. The molecule has 5 heteroatoms. The Morgan fingerprint density at radius 2 is 2.33 bits per heavy atom. The summed E-state index contributed by atoms with van der Waals surface area (Å²) in [5.74, 6) is 0. The van der Waals surface area contributed by atoms with Gasteiger partial charge in [0.15, 0.2) is 0 Å². The van der Waals surface area contributed by atoms with E-state index < -0.39 is 0 Å². The molecule has 4 nitrogen and oxygen atoms in total. The SMILES string of the molecule is CC(=NO)c1cnc(-c2cccnc2)s1. The second-order valence-electron chi connectivity index (χ2n) is 2.96. The van der Waals surface area contributed by atoms with Crippen molar-refractivity contribution < 1.29 is 5.21 Å². The highest BCUT2D eigenvalue weighted by molar-refractivity contribution is 7.17. The quantitative estimate of drug-likeness (QED) is 0.479. The van der Waals surface area contributed by atoms with E-state index in [0.717, 1.165) is 15.4 Å². The van der Waals surface area contributed by atoms with Crippen LogP contribution in [0.1, 0.15) is 11.8 Å². The number of hydrogen-bond donors (Lipinski definition) is 1. The second-order valence-corrected chi connectivity index (χ2v) is 3.99. The average Bonchev–Trinajstić information content (AvgIpc) is 2.78. The molecule has 76 valence electrons. The van der Waals surface area contributed by atoms with Crippen LogP contribution >= 0.6 is 11.3 Å². The monoisotopic (exact) mass is 219 g/mol. The van der Waals surface area contributed by atoms with Crippen molar-refractivity contribution in [3.05, 3.63) is 35.6 Å². The van der Waals surface area contributed by atoms with E-state index in [0.29, 0.717) is 5.71 Å². The zero-order valence-electron chi connectivity index (χ0n) is 8.08. The lowest BCUT2D eigenvalue weighted by molar-refractivity contribution is 0.319. The first-order valence-electron chi connectivity index (χ1n) is 4.36. The van der Waals surface area contributed by atoms with Gasteiger partial charge in [-0.05, 0) is 19.1 Å². The number of thiazole rings is 1. The van der Waals surface area contributed by atoms with Crippen LogP contribution in [0.2, 0.25) is 0 Å². The Morgan fingerprint density at radius 1 is 1.47 bits per heavy atom. The number of nitrogens with zero attached hydrogens (tertiary/aromatic N) is 3. The molecule has 2 heterocycles. The third kappa shape index (κ3) is 2.02. The summed E-state index contributed by atoms with van der Waals surface area (Å²) in [4.78, 5) is 9.12. The van der Waals surface area contributed by atoms with Crippen molar-refractivity contribution in [2.24, 2.45) is 5.16 Å². The molecule has 0 spiro atoms. The Morgan fingerprint density at radius 3 is 3.00 bits per heavy atom. The molecule has 2 aromatic heterocycles. The Bertz CT molecular complexity index is 478. The van der Waals surface area contributed by atoms with Crippen LogP contribution in [-0.4, -0.2) is 20.9 Å². The molecule has 0 bridgehead atoms. The smallest absolute Gasteiger partial charge is 0.125 e. The molecule has 15 heavy (non-hydrogen) atoms. The summed E-state index contributed by atoms with van der Waals surface area (Å²) >= 11 is 1.48. The molecule has 0 saturated carbocycles. The van der Waals surface area contributed by atoms with Crippen molar-refractivity contribution in [3.63, 3.8) is 0 Å². The first-order valence-corrected chi connectivity index (χ1v) is 5.18. The van der Waals surface area contributed by atoms with E-state index in [4.69, 9.17) is 5.21 Å². The van der Waals surface area contributed by atoms with Crippen molar-refractivity contribution in [1.82, 2.24) is 9.97 Å². The predicted molar refractivity (Wildman–Crippen MR) is 59.3 cm³/mol. The lowest BCUT2D eigenvalue weighted by atomic mass is 10.3. The maximum absolute atomic E-state index is 8.62. The van der Waals surface area contributed by atoms with E-state index >= 15 is 0 Å². The van der Waals surface area contributed by atoms with Gasteiger partial charge in [0.1, 0.15) is 5.01 Å². The minimum Gasteiger partial charge on any atom is -0.411 e. The van der Waals surface area contributed by atoms with Crippen LogP contribution in [0.15, 0.2) is 35.9 Å². The van der Waals surface area contributed by atoms with Gasteiger partial charge in [-0.2, -0.15) is 0 Å². The lowest BCUT2D eigenvalue weighted by Crippen LogP contribution is -1.88. The molecule has 0 atom stereocenters. The number of pyridine rings is 1. The van der Waals surface area contributed by atoms with Gasteiger partial charge in [0.05, 0.1) is 10.6 Å². The molecule has 0 fully saturated rings. The number of hydrogen-bond acceptors (Lipinski definition) is 5. The largest absolute Gasteiger partial charge is 0.411 e. The predicted octanol–water partition coefficient (Wildman–Crippen LogP) is 2.40. The number of aromatic nitrogens is 2. The summed E-state index contributed by atoms with van der Waals surface area (Å²) < 4.78 is 0. The molecular weight excluding hydrogens is 210 g/mol. The summed E-state index contributed by atoms with van der Waals surface area (Å²) in [6, 6.07) is 3.81. The number of rotatable bonds is 2. The van der Waals surface area contributed by atoms with Crippen LogP contribution in [0.5, 0.6) is 0 Å². The molecule has 0 aromatic carbocycles. The Kier molecular flexibility index (Phi) is 2.73. The van der Waals surface area contributed by atoms with Crippen LogP contribution in [0.3, 0.4) is 0 Å². The van der Waals surface area contributed by atoms with Crippen molar-refractivity contribution in [2.45, 2.75) is 6.92 Å². The molecule has 2 aromatic rings. The summed E-state index contributed by atoms with van der Waals surface area (Å²) in [7, 11) is 0. The van der Waals surface area contributed by atoms with E-state index in [1.165, 1.54) is 11.3 Å². The molecule has 0 unspecified atom stereocenters. The first kappa shape index (κ1) is 9.79. The summed E-state index contributed by atoms with van der Waals surface area (Å²) in [6.07, 6.45) is 5.18. The van der Waals surface area contributed by atoms with Gasteiger partial charge in [-0.15, -0.1) is 11.3 Å². The Hall–Kier alpha value is -1.75. The zero-order valence-corrected chi connectivity index (χ0v) is 8.90. The third-order valence-corrected chi connectivity index (χ3v) is 3.08. The van der Waals surface area contributed by atoms with E-state index in [1.54, 1.807) is 25.5 Å². The molecular formula is C10H9N3OS. The van der Waals surface area contributed by atoms with E-state index in [-0.39, 0.29) is 0 Å². The van der Waals surface area contributed by atoms with Gasteiger partial charge < -0.3 is 5.21 Å². The van der Waals surface area contributed by atoms with Gasteiger partial charge in [0.25, 0.3) is 0 Å². The van der Waals surface area contributed by atoms with E-state index in [1.807, 2.05) is 12.1 Å². The van der Waals surface area contributed by atoms with Crippen LogP contribution in [-0.2, 0) is 0 Å². The fraction of sp³-hybridized carbons (Fsp3) is 0.100. The Balaban J connectivity index is 2.36. The van der Waals surface area contributed by atoms with Crippen molar-refractivity contribution in [1.29, 1.82) is 0 Å². The van der Waals surface area contributed by atoms with E-state index in [9.17, 15) is 0 Å². The average molecular weight is 219 g/mol. The molecule has 2 rings (SSSR count). The maximum Gasteiger partial charge on any atom is 0.125 e. The summed E-state index contributed by atoms with van der Waals surface area (Å²) in [5.41, 5.74) is 1.54. The van der Waals surface area contributed by atoms with Crippen LogP contribution < -0.4 is 0 Å². The minimum absolute atomic E-state index is 0.572. The lowest BCUT2D eigenvalue weighted by Gasteiger charge is -1.92. The zero-order chi connectivity index (χ0) is 10.7. The Labute approximate surface area is 90.9 Å². The van der Waals surface area contributed by atoms with Crippen molar-refractivity contribution >= 4 is 17.0 Å². The molecule has 1 N–H and O–H groups in total. The first-order chi connectivity index (χ1) is 7.31. The summed E-state index contributed by atoms with van der Waals surface area (Å²) in [5, 5.41) is 12.6. The molecule has 0 radical (unpaired) electrons. The van der Waals surface area contributed by atoms with Gasteiger partial charge in [0.2, 0.25) is 0 Å². The standard InChI is InChI=1S/C10H9N3OS/c1-7(13-14)9-6-12-10(15-9)8-3-2-4-11-5-8/h2-6,14H,1H3. The van der Waals surface area contributed by atoms with Crippen molar-refractivity contribution in [3.8, 4) is 10.6 Å². The highest BCUT2D eigenvalue weighted by atomic mass is 32.1. The van der Waals surface area contributed by atoms with Crippen LogP contribution in [0.4, 0.5) is 0 Å². The van der Waals surface area contributed by atoms with Gasteiger partial charge in [-0.1, -0.05) is 5.16 Å². The van der Waals surface area contributed by atoms with Gasteiger partial charge in [-0.3, -0.25) is 4.98 Å². The van der Waals surface area contributed by atoms with Crippen LogP contribution in [0, 0.1) is 0 Å². The molecule has 0 saturated heterocycles. The fourth-order valence-electron chi connectivity index (χ4n) is 1.11. The highest BCUT2D eigenvalue weighted by Gasteiger charge is 2.06. The summed E-state index contributed by atoms with van der Waals surface area (Å²) in [6.45, 7) is 1.74. The van der Waals surface area contributed by atoms with Gasteiger partial charge in [0, 0.05) is 24.2 Å².